The molecule has 2 aromatic heterocycles. The fourth-order valence-corrected chi connectivity index (χ4v) is 3.17. The molecule has 0 radical (unpaired) electrons. The Morgan fingerprint density at radius 3 is 2.77 bits per heavy atom. The molecule has 0 saturated heterocycles. The van der Waals surface area contributed by atoms with Crippen molar-refractivity contribution in [2.24, 2.45) is 0 Å². The second kappa shape index (κ2) is 8.32. The highest BCUT2D eigenvalue weighted by Crippen LogP contribution is 2.25. The minimum Gasteiger partial charge on any atom is -0.441 e. The van der Waals surface area contributed by atoms with Crippen molar-refractivity contribution in [3.8, 4) is 17.1 Å². The topological polar surface area (TPSA) is 82.5 Å². The largest absolute Gasteiger partial charge is 0.441 e. The van der Waals surface area contributed by atoms with Crippen LogP contribution in [0.4, 0.5) is 4.39 Å². The molecule has 0 aliphatic heterocycles. The van der Waals surface area contributed by atoms with Gasteiger partial charge in [0.25, 0.3) is 0 Å². The number of carbonyl (C=O) groups is 1. The van der Waals surface area contributed by atoms with Gasteiger partial charge in [-0.05, 0) is 36.2 Å². The first-order chi connectivity index (χ1) is 14.5. The Hall–Kier alpha value is -3.74. The maximum Gasteiger partial charge on any atom is 0.336 e. The van der Waals surface area contributed by atoms with Gasteiger partial charge in [-0.25, -0.2) is 14.2 Å². The van der Waals surface area contributed by atoms with E-state index in [1.54, 1.807) is 30.3 Å². The molecule has 4 rings (SSSR count). The van der Waals surface area contributed by atoms with Crippen LogP contribution in [0.25, 0.3) is 22.3 Å². The van der Waals surface area contributed by atoms with Crippen LogP contribution in [0.2, 0.25) is 0 Å². The molecule has 7 heteroatoms. The Balaban J connectivity index is 1.42. The standard InChI is InChI=1S/C23H18FNO5/c1-2-14-11-23(27)30-19-12-15(7-8-16(14)19)28-22(26)10-9-21-25-13-20(29-21)17-5-3-4-6-18(17)24/h3-8,11-13H,2,9-10H2,1H3. The number of carbonyl (C=O) groups excluding carboxylic acids is 1. The lowest BCUT2D eigenvalue weighted by Gasteiger charge is -2.06. The molecule has 4 aromatic rings. The molecular weight excluding hydrogens is 389 g/mol. The van der Waals surface area contributed by atoms with E-state index in [-0.39, 0.29) is 18.6 Å². The van der Waals surface area contributed by atoms with E-state index in [0.717, 1.165) is 10.9 Å². The fourth-order valence-electron chi connectivity index (χ4n) is 3.17. The molecule has 2 heterocycles. The van der Waals surface area contributed by atoms with Crippen LogP contribution in [0.5, 0.6) is 5.75 Å². The van der Waals surface area contributed by atoms with Gasteiger partial charge in [-0.1, -0.05) is 19.1 Å². The summed E-state index contributed by atoms with van der Waals surface area (Å²) in [4.78, 5) is 28.0. The lowest BCUT2D eigenvalue weighted by atomic mass is 10.1. The molecule has 2 aromatic carbocycles. The van der Waals surface area contributed by atoms with Crippen molar-refractivity contribution in [1.82, 2.24) is 4.98 Å². The van der Waals surface area contributed by atoms with Crippen molar-refractivity contribution in [3.05, 3.63) is 82.4 Å². The summed E-state index contributed by atoms with van der Waals surface area (Å²) in [7, 11) is 0. The highest BCUT2D eigenvalue weighted by molar-refractivity contribution is 5.82. The molecule has 152 valence electrons. The molecule has 0 aliphatic carbocycles. The minimum absolute atomic E-state index is 0.0220. The lowest BCUT2D eigenvalue weighted by Crippen LogP contribution is -2.09. The second-order valence-corrected chi connectivity index (χ2v) is 6.67. The number of oxazole rings is 1. The Morgan fingerprint density at radius 2 is 1.97 bits per heavy atom. The predicted octanol–water partition coefficient (Wildman–Crippen LogP) is 4.69. The van der Waals surface area contributed by atoms with E-state index < -0.39 is 17.4 Å². The van der Waals surface area contributed by atoms with E-state index in [1.165, 1.54) is 24.4 Å². The van der Waals surface area contributed by atoms with Crippen molar-refractivity contribution in [3.63, 3.8) is 0 Å². The van der Waals surface area contributed by atoms with E-state index in [4.69, 9.17) is 13.6 Å². The van der Waals surface area contributed by atoms with Crippen LogP contribution in [0.3, 0.4) is 0 Å². The van der Waals surface area contributed by atoms with Crippen LogP contribution >= 0.6 is 0 Å². The first-order valence-electron chi connectivity index (χ1n) is 9.50. The van der Waals surface area contributed by atoms with Gasteiger partial charge in [-0.2, -0.15) is 0 Å². The average Bonchev–Trinajstić information content (AvgIpc) is 3.20. The first-order valence-corrected chi connectivity index (χ1v) is 9.50. The van der Waals surface area contributed by atoms with Crippen molar-refractivity contribution in [2.75, 3.05) is 0 Å². The van der Waals surface area contributed by atoms with Crippen LogP contribution in [-0.2, 0) is 17.6 Å². The van der Waals surface area contributed by atoms with E-state index in [1.807, 2.05) is 6.92 Å². The number of benzene rings is 2. The number of halogens is 1. The summed E-state index contributed by atoms with van der Waals surface area (Å²) in [5, 5.41) is 0.803. The minimum atomic E-state index is -0.492. The molecule has 0 N–H and O–H groups in total. The Bertz CT molecular complexity index is 1270. The van der Waals surface area contributed by atoms with Gasteiger partial charge in [0, 0.05) is 23.9 Å². The van der Waals surface area contributed by atoms with Crippen molar-refractivity contribution < 1.29 is 22.8 Å². The number of rotatable bonds is 6. The molecule has 0 spiro atoms. The van der Waals surface area contributed by atoms with Crippen LogP contribution in [-0.4, -0.2) is 11.0 Å². The smallest absolute Gasteiger partial charge is 0.336 e. The zero-order chi connectivity index (χ0) is 21.1. The number of nitrogens with zero attached hydrogens (tertiary/aromatic N) is 1. The Labute approximate surface area is 170 Å². The average molecular weight is 407 g/mol. The molecule has 0 unspecified atom stereocenters. The number of hydrogen-bond acceptors (Lipinski definition) is 6. The number of aryl methyl sites for hydroxylation is 2. The number of esters is 1. The number of fused-ring (bicyclic) bond motifs is 1. The first kappa shape index (κ1) is 19.6. The molecule has 30 heavy (non-hydrogen) atoms. The molecule has 0 fully saturated rings. The van der Waals surface area contributed by atoms with Gasteiger partial charge >= 0.3 is 11.6 Å². The summed E-state index contributed by atoms with van der Waals surface area (Å²) in [5.41, 5.74) is 1.10. The molecule has 0 atom stereocenters. The van der Waals surface area contributed by atoms with Crippen LogP contribution in [0, 0.1) is 5.82 Å². The third-order valence-corrected chi connectivity index (χ3v) is 4.65. The third kappa shape index (κ3) is 4.15. The van der Waals surface area contributed by atoms with Crippen LogP contribution in [0.1, 0.15) is 24.8 Å². The van der Waals surface area contributed by atoms with Crippen molar-refractivity contribution >= 4 is 16.9 Å². The maximum absolute atomic E-state index is 13.8. The zero-order valence-corrected chi connectivity index (χ0v) is 16.2. The van der Waals surface area contributed by atoms with Gasteiger partial charge in [0.05, 0.1) is 18.2 Å². The summed E-state index contributed by atoms with van der Waals surface area (Å²) in [6, 6.07) is 12.6. The van der Waals surface area contributed by atoms with Crippen molar-refractivity contribution in [2.45, 2.75) is 26.2 Å². The summed E-state index contributed by atoms with van der Waals surface area (Å²) in [5.74, 6) is -0.0128. The maximum atomic E-state index is 13.8. The van der Waals surface area contributed by atoms with Gasteiger partial charge in [0.1, 0.15) is 17.1 Å². The summed E-state index contributed by atoms with van der Waals surface area (Å²) in [6.45, 7) is 1.95. The van der Waals surface area contributed by atoms with Crippen molar-refractivity contribution in [1.29, 1.82) is 0 Å². The predicted molar refractivity (Wildman–Crippen MR) is 108 cm³/mol. The van der Waals surface area contributed by atoms with Crippen LogP contribution < -0.4 is 10.4 Å². The van der Waals surface area contributed by atoms with Gasteiger partial charge in [-0.3, -0.25) is 4.79 Å². The SMILES string of the molecule is CCc1cc(=O)oc2cc(OC(=O)CCc3ncc(-c4ccccc4F)o3)ccc12. The zero-order valence-electron chi connectivity index (χ0n) is 16.2. The Kier molecular flexibility index (Phi) is 5.43. The Morgan fingerprint density at radius 1 is 1.13 bits per heavy atom. The lowest BCUT2D eigenvalue weighted by molar-refractivity contribution is -0.134. The monoisotopic (exact) mass is 407 g/mol. The van der Waals surface area contributed by atoms with Gasteiger partial charge in [0.15, 0.2) is 11.7 Å². The molecule has 6 nitrogen and oxygen atoms in total. The van der Waals surface area contributed by atoms with E-state index in [2.05, 4.69) is 4.98 Å². The third-order valence-electron chi connectivity index (χ3n) is 4.65. The second-order valence-electron chi connectivity index (χ2n) is 6.67. The molecule has 0 amide bonds. The van der Waals surface area contributed by atoms with E-state index in [9.17, 15) is 14.0 Å². The highest BCUT2D eigenvalue weighted by atomic mass is 19.1. The van der Waals surface area contributed by atoms with Crippen LogP contribution in [0.15, 0.2) is 68.4 Å². The van der Waals surface area contributed by atoms with Gasteiger partial charge in [0.2, 0.25) is 0 Å². The molecule has 0 saturated carbocycles. The summed E-state index contributed by atoms with van der Waals surface area (Å²) >= 11 is 0. The van der Waals surface area contributed by atoms with E-state index in [0.29, 0.717) is 29.2 Å². The number of ether oxygens (including phenoxy) is 1. The fraction of sp³-hybridized carbons (Fsp3) is 0.174. The molecule has 0 bridgehead atoms. The summed E-state index contributed by atoms with van der Waals surface area (Å²) < 4.78 is 29.9. The number of hydrogen-bond donors (Lipinski definition) is 0. The molecule has 0 aliphatic rings. The normalized spacial score (nSPS) is 11.0. The molecular formula is C23H18FNO5. The van der Waals surface area contributed by atoms with Gasteiger partial charge in [-0.15, -0.1) is 0 Å². The summed E-state index contributed by atoms with van der Waals surface area (Å²) in [6.07, 6.45) is 2.34. The van der Waals surface area contributed by atoms with Gasteiger partial charge < -0.3 is 13.6 Å². The quantitative estimate of drug-likeness (QED) is 0.262. The number of aromatic nitrogens is 1. The van der Waals surface area contributed by atoms with E-state index >= 15 is 0 Å². The highest BCUT2D eigenvalue weighted by Gasteiger charge is 2.13.